The van der Waals surface area contributed by atoms with Gasteiger partial charge in [-0.25, -0.2) is 13.1 Å². The van der Waals surface area contributed by atoms with Crippen molar-refractivity contribution in [3.63, 3.8) is 0 Å². The van der Waals surface area contributed by atoms with Crippen molar-refractivity contribution >= 4 is 10.0 Å². The van der Waals surface area contributed by atoms with E-state index in [9.17, 15) is 8.42 Å². The van der Waals surface area contributed by atoms with Crippen LogP contribution in [0.15, 0.2) is 23.1 Å². The zero-order valence-corrected chi connectivity index (χ0v) is 12.7. The maximum atomic E-state index is 12.5. The smallest absolute Gasteiger partial charge is 0.241 e. The number of nitriles is 1. The Labute approximate surface area is 120 Å². The van der Waals surface area contributed by atoms with Crippen LogP contribution in [0.1, 0.15) is 24.5 Å². The molecule has 1 aliphatic rings. The second kappa shape index (κ2) is 5.43. The molecule has 0 radical (unpaired) electrons. The summed E-state index contributed by atoms with van der Waals surface area (Å²) in [5.41, 5.74) is 1.64. The van der Waals surface area contributed by atoms with E-state index in [1.165, 1.54) is 0 Å². The number of hydrogen-bond donors (Lipinski definition) is 1. The normalized spacial score (nSPS) is 22.8. The van der Waals surface area contributed by atoms with Gasteiger partial charge in [-0.15, -0.1) is 0 Å². The molecule has 1 aliphatic heterocycles. The van der Waals surface area contributed by atoms with Crippen LogP contribution >= 0.6 is 0 Å². The molecular formula is C14H19N3O2S. The lowest BCUT2D eigenvalue weighted by atomic mass is 10.2. The van der Waals surface area contributed by atoms with Crippen LogP contribution in [0.3, 0.4) is 0 Å². The quantitative estimate of drug-likeness (QED) is 0.858. The molecule has 6 heteroatoms. The lowest BCUT2D eigenvalue weighted by molar-refractivity contribution is 0.386. The van der Waals surface area contributed by atoms with Crippen LogP contribution < -0.4 is 4.72 Å². The number of hydrogen-bond acceptors (Lipinski definition) is 4. The number of likely N-dealkylation sites (tertiary alicyclic amines) is 1. The Kier molecular flexibility index (Phi) is 4.02. The summed E-state index contributed by atoms with van der Waals surface area (Å²) in [7, 11) is -3.54. The molecule has 20 heavy (non-hydrogen) atoms. The summed E-state index contributed by atoms with van der Waals surface area (Å²) in [5, 5.41) is 8.95. The molecule has 0 amide bonds. The van der Waals surface area contributed by atoms with Gasteiger partial charge in [-0.2, -0.15) is 5.26 Å². The van der Waals surface area contributed by atoms with Gasteiger partial charge in [0, 0.05) is 18.6 Å². The lowest BCUT2D eigenvalue weighted by Crippen LogP contribution is -2.36. The van der Waals surface area contributed by atoms with Crippen LogP contribution in [0, 0.1) is 25.3 Å². The largest absolute Gasteiger partial charge is 0.306 e. The minimum atomic E-state index is -3.54. The minimum absolute atomic E-state index is 0.0753. The van der Waals surface area contributed by atoms with Crippen molar-refractivity contribution in [1.82, 2.24) is 9.62 Å². The highest BCUT2D eigenvalue weighted by Crippen LogP contribution is 2.21. The van der Waals surface area contributed by atoms with Gasteiger partial charge in [-0.1, -0.05) is 12.1 Å². The first kappa shape index (κ1) is 14.8. The van der Waals surface area contributed by atoms with Crippen molar-refractivity contribution in [2.24, 2.45) is 0 Å². The Morgan fingerprint density at radius 2 is 2.10 bits per heavy atom. The number of nitrogens with zero attached hydrogens (tertiary/aromatic N) is 2. The van der Waals surface area contributed by atoms with Gasteiger partial charge in [0.2, 0.25) is 10.0 Å². The van der Waals surface area contributed by atoms with Gasteiger partial charge in [-0.05, 0) is 44.4 Å². The zero-order valence-electron chi connectivity index (χ0n) is 11.9. The number of aryl methyl sites for hydroxylation is 2. The average molecular weight is 293 g/mol. The number of sulfonamides is 1. The summed E-state index contributed by atoms with van der Waals surface area (Å²) in [6, 6.07) is 5.24. The molecule has 1 aromatic carbocycles. The SMILES string of the molecule is Cc1ccc(C)c(S(=O)(=O)N[C@@H]2C[C@H](C)N(C#N)C2)c1. The van der Waals surface area contributed by atoms with E-state index in [4.69, 9.17) is 5.26 Å². The van der Waals surface area contributed by atoms with Gasteiger partial charge >= 0.3 is 0 Å². The van der Waals surface area contributed by atoms with E-state index in [1.807, 2.05) is 26.0 Å². The van der Waals surface area contributed by atoms with E-state index in [2.05, 4.69) is 10.9 Å². The fourth-order valence-corrected chi connectivity index (χ4v) is 4.10. The Balaban J connectivity index is 2.21. The van der Waals surface area contributed by atoms with E-state index in [-0.39, 0.29) is 12.1 Å². The highest BCUT2D eigenvalue weighted by atomic mass is 32.2. The molecule has 0 unspecified atom stereocenters. The van der Waals surface area contributed by atoms with Crippen molar-refractivity contribution in [1.29, 1.82) is 5.26 Å². The summed E-state index contributed by atoms with van der Waals surface area (Å²) in [5.74, 6) is 0. The summed E-state index contributed by atoms with van der Waals surface area (Å²) >= 11 is 0. The van der Waals surface area contributed by atoms with E-state index in [0.717, 1.165) is 11.1 Å². The van der Waals surface area contributed by atoms with Gasteiger partial charge < -0.3 is 4.90 Å². The summed E-state index contributed by atoms with van der Waals surface area (Å²) < 4.78 is 27.6. The lowest BCUT2D eigenvalue weighted by Gasteiger charge is -2.14. The van der Waals surface area contributed by atoms with Crippen molar-refractivity contribution in [3.8, 4) is 6.19 Å². The second-order valence-electron chi connectivity index (χ2n) is 5.42. The Morgan fingerprint density at radius 3 is 2.70 bits per heavy atom. The molecule has 1 heterocycles. The standard InChI is InChI=1S/C14H19N3O2S/c1-10-4-5-11(2)14(6-10)20(18,19)16-13-7-12(3)17(8-13)9-15/h4-6,12-13,16H,7-8H2,1-3H3/t12-,13+/m0/s1. The van der Waals surface area contributed by atoms with Crippen LogP contribution in [0.5, 0.6) is 0 Å². The maximum Gasteiger partial charge on any atom is 0.241 e. The van der Waals surface area contributed by atoms with E-state index in [1.54, 1.807) is 17.9 Å². The van der Waals surface area contributed by atoms with Crippen molar-refractivity contribution in [3.05, 3.63) is 29.3 Å². The fraction of sp³-hybridized carbons (Fsp3) is 0.500. The van der Waals surface area contributed by atoms with Gasteiger partial charge in [-0.3, -0.25) is 0 Å². The summed E-state index contributed by atoms with van der Waals surface area (Å²) in [6.45, 7) is 6.01. The van der Waals surface area contributed by atoms with Crippen molar-refractivity contribution in [2.75, 3.05) is 6.54 Å². The third-order valence-corrected chi connectivity index (χ3v) is 5.32. The Morgan fingerprint density at radius 1 is 1.40 bits per heavy atom. The first-order valence-electron chi connectivity index (χ1n) is 6.59. The highest BCUT2D eigenvalue weighted by molar-refractivity contribution is 7.89. The minimum Gasteiger partial charge on any atom is -0.306 e. The topological polar surface area (TPSA) is 73.2 Å². The van der Waals surface area contributed by atoms with Gasteiger partial charge in [0.15, 0.2) is 6.19 Å². The molecule has 1 aromatic rings. The van der Waals surface area contributed by atoms with Crippen LogP contribution in [-0.2, 0) is 10.0 Å². The molecular weight excluding hydrogens is 274 g/mol. The molecule has 1 N–H and O–H groups in total. The number of nitrogens with one attached hydrogen (secondary N) is 1. The number of rotatable bonds is 3. The van der Waals surface area contributed by atoms with Gasteiger partial charge in [0.25, 0.3) is 0 Å². The predicted molar refractivity (Wildman–Crippen MR) is 76.4 cm³/mol. The predicted octanol–water partition coefficient (Wildman–Crippen LogP) is 1.53. The molecule has 0 aliphatic carbocycles. The first-order valence-corrected chi connectivity index (χ1v) is 8.08. The molecule has 0 saturated carbocycles. The third kappa shape index (κ3) is 2.94. The second-order valence-corrected chi connectivity index (χ2v) is 7.11. The van der Waals surface area contributed by atoms with Crippen LogP contribution in [-0.4, -0.2) is 31.9 Å². The van der Waals surface area contributed by atoms with E-state index in [0.29, 0.717) is 17.9 Å². The Bertz CT molecular complexity index is 649. The molecule has 2 atom stereocenters. The van der Waals surface area contributed by atoms with Crippen molar-refractivity contribution in [2.45, 2.75) is 44.2 Å². The van der Waals surface area contributed by atoms with Crippen LogP contribution in [0.25, 0.3) is 0 Å². The third-order valence-electron chi connectivity index (χ3n) is 3.66. The summed E-state index contributed by atoms with van der Waals surface area (Å²) in [6.07, 6.45) is 2.74. The molecule has 108 valence electrons. The first-order chi connectivity index (χ1) is 9.33. The Hall–Kier alpha value is -1.58. The molecule has 1 fully saturated rings. The van der Waals surface area contributed by atoms with Crippen LogP contribution in [0.4, 0.5) is 0 Å². The molecule has 1 saturated heterocycles. The molecule has 0 bridgehead atoms. The molecule has 0 aromatic heterocycles. The fourth-order valence-electron chi connectivity index (χ4n) is 2.54. The summed E-state index contributed by atoms with van der Waals surface area (Å²) in [4.78, 5) is 1.93. The van der Waals surface area contributed by atoms with E-state index < -0.39 is 10.0 Å². The van der Waals surface area contributed by atoms with Gasteiger partial charge in [0.05, 0.1) is 4.90 Å². The van der Waals surface area contributed by atoms with Crippen molar-refractivity contribution < 1.29 is 8.42 Å². The molecule has 0 spiro atoms. The monoisotopic (exact) mass is 293 g/mol. The zero-order chi connectivity index (χ0) is 14.9. The van der Waals surface area contributed by atoms with Crippen LogP contribution in [0.2, 0.25) is 0 Å². The highest BCUT2D eigenvalue weighted by Gasteiger charge is 2.32. The molecule has 2 rings (SSSR count). The molecule has 5 nitrogen and oxygen atoms in total. The average Bonchev–Trinajstić information content (AvgIpc) is 2.71. The maximum absolute atomic E-state index is 12.5. The number of benzene rings is 1. The van der Waals surface area contributed by atoms with Gasteiger partial charge in [0.1, 0.15) is 0 Å². The van der Waals surface area contributed by atoms with E-state index >= 15 is 0 Å².